The molecule has 3 aromatic rings. The van der Waals surface area contributed by atoms with Gasteiger partial charge in [-0.15, -0.1) is 0 Å². The molecule has 0 saturated carbocycles. The van der Waals surface area contributed by atoms with E-state index in [-0.39, 0.29) is 12.8 Å². The fourth-order valence-electron chi connectivity index (χ4n) is 3.57. The molecular formula is C20H20. The summed E-state index contributed by atoms with van der Waals surface area (Å²) in [6, 6.07) is 22.0. The topological polar surface area (TPSA) is 0 Å². The largest absolute Gasteiger partial charge is 0.0776 e. The highest BCUT2D eigenvalue weighted by Gasteiger charge is 2.36. The minimum Gasteiger partial charge on any atom is -0.0776 e. The van der Waals surface area contributed by atoms with Gasteiger partial charge in [0, 0.05) is 5.41 Å². The zero-order chi connectivity index (χ0) is 13.0. The summed E-state index contributed by atoms with van der Waals surface area (Å²) in [6.45, 7) is 4.67. The number of hydrogen-bond acceptors (Lipinski definition) is 0. The molecule has 0 saturated heterocycles. The summed E-state index contributed by atoms with van der Waals surface area (Å²) in [4.78, 5) is 0. The van der Waals surface area contributed by atoms with Crippen LogP contribution in [0.4, 0.5) is 0 Å². The van der Waals surface area contributed by atoms with Crippen molar-refractivity contribution in [1.29, 1.82) is 0 Å². The molecular weight excluding hydrogens is 240 g/mol. The lowest BCUT2D eigenvalue weighted by Crippen LogP contribution is -2.15. The van der Waals surface area contributed by atoms with Crippen LogP contribution in [0.3, 0.4) is 0 Å². The van der Waals surface area contributed by atoms with Crippen LogP contribution < -0.4 is 0 Å². The molecule has 1 aliphatic rings. The third kappa shape index (κ3) is 1.48. The van der Waals surface area contributed by atoms with E-state index in [1.165, 1.54) is 33.0 Å². The van der Waals surface area contributed by atoms with Gasteiger partial charge in [0.15, 0.2) is 0 Å². The Labute approximate surface area is 121 Å². The predicted octanol–water partition coefficient (Wildman–Crippen LogP) is 5.78. The van der Waals surface area contributed by atoms with Gasteiger partial charge in [-0.05, 0) is 33.0 Å². The molecule has 1 aliphatic carbocycles. The van der Waals surface area contributed by atoms with Gasteiger partial charge in [0.05, 0.1) is 0 Å². The molecule has 0 unspecified atom stereocenters. The molecule has 0 atom stereocenters. The molecule has 0 fully saturated rings. The van der Waals surface area contributed by atoms with Gasteiger partial charge in [0.2, 0.25) is 0 Å². The lowest BCUT2D eigenvalue weighted by molar-refractivity contribution is 0.666. The van der Waals surface area contributed by atoms with E-state index in [1.54, 1.807) is 0 Å². The average Bonchev–Trinajstić information content (AvgIpc) is 2.68. The monoisotopic (exact) mass is 260 g/mol. The molecule has 0 bridgehead atoms. The average molecular weight is 260 g/mol. The van der Waals surface area contributed by atoms with Crippen LogP contribution >= 0.6 is 0 Å². The van der Waals surface area contributed by atoms with Crippen LogP contribution in [0.15, 0.2) is 60.7 Å². The van der Waals surface area contributed by atoms with Gasteiger partial charge < -0.3 is 0 Å². The van der Waals surface area contributed by atoms with Crippen molar-refractivity contribution in [2.24, 2.45) is 0 Å². The van der Waals surface area contributed by atoms with Crippen molar-refractivity contribution in [2.75, 3.05) is 0 Å². The Bertz CT molecular complexity index is 794. The normalized spacial score (nSPS) is 14.5. The van der Waals surface area contributed by atoms with Crippen LogP contribution in [0.25, 0.3) is 21.9 Å². The van der Waals surface area contributed by atoms with E-state index in [0.717, 1.165) is 0 Å². The second kappa shape index (κ2) is 4.21. The highest BCUT2D eigenvalue weighted by molar-refractivity contribution is 5.97. The molecule has 3 aromatic carbocycles. The summed E-state index contributed by atoms with van der Waals surface area (Å²) >= 11 is 0. The molecule has 0 amide bonds. The summed E-state index contributed by atoms with van der Waals surface area (Å²) < 4.78 is 0. The maximum atomic E-state index is 2.34. The molecule has 100 valence electrons. The Morgan fingerprint density at radius 3 is 2.25 bits per heavy atom. The van der Waals surface area contributed by atoms with E-state index in [4.69, 9.17) is 0 Å². The van der Waals surface area contributed by atoms with E-state index < -0.39 is 0 Å². The first-order valence-electron chi connectivity index (χ1n) is 6.82. The Kier molecular flexibility index (Phi) is 2.72. The van der Waals surface area contributed by atoms with E-state index in [0.29, 0.717) is 0 Å². The molecule has 0 heteroatoms. The van der Waals surface area contributed by atoms with Crippen LogP contribution in [0.2, 0.25) is 0 Å². The van der Waals surface area contributed by atoms with Crippen molar-refractivity contribution in [2.45, 2.75) is 26.7 Å². The lowest BCUT2D eigenvalue weighted by Gasteiger charge is -2.23. The van der Waals surface area contributed by atoms with E-state index >= 15 is 0 Å². The molecule has 0 radical (unpaired) electrons. The van der Waals surface area contributed by atoms with Crippen molar-refractivity contribution in [3.8, 4) is 11.1 Å². The summed E-state index contributed by atoms with van der Waals surface area (Å²) in [7, 11) is 0. The minimum absolute atomic E-state index is 0. The van der Waals surface area contributed by atoms with Gasteiger partial charge in [-0.1, -0.05) is 81.9 Å². The smallest absolute Gasteiger partial charge is 0.0165 e. The standard InChI is InChI=1S/C19H16.CH4/c1-19(2)17-10-6-5-9-15(17)16-12-11-13-7-3-4-8-14(13)18(16)19;/h3-12H,1-2H3;1H4. The Morgan fingerprint density at radius 2 is 1.40 bits per heavy atom. The van der Waals surface area contributed by atoms with Crippen LogP contribution in [-0.2, 0) is 5.41 Å². The summed E-state index contributed by atoms with van der Waals surface area (Å²) in [6.07, 6.45) is 0. The zero-order valence-corrected chi connectivity index (χ0v) is 11.3. The van der Waals surface area contributed by atoms with Gasteiger partial charge in [-0.25, -0.2) is 0 Å². The van der Waals surface area contributed by atoms with E-state index in [1.807, 2.05) is 0 Å². The SMILES string of the molecule is C.CC1(C)c2ccccc2-c2ccc3ccccc3c21. The van der Waals surface area contributed by atoms with Gasteiger partial charge >= 0.3 is 0 Å². The number of hydrogen-bond donors (Lipinski definition) is 0. The Hall–Kier alpha value is -2.08. The van der Waals surface area contributed by atoms with Crippen molar-refractivity contribution in [1.82, 2.24) is 0 Å². The highest BCUT2D eigenvalue weighted by atomic mass is 14.4. The van der Waals surface area contributed by atoms with Crippen molar-refractivity contribution < 1.29 is 0 Å². The fourth-order valence-corrected chi connectivity index (χ4v) is 3.57. The molecule has 0 nitrogen and oxygen atoms in total. The van der Waals surface area contributed by atoms with Gasteiger partial charge in [-0.3, -0.25) is 0 Å². The highest BCUT2D eigenvalue weighted by Crippen LogP contribution is 2.50. The second-order valence-electron chi connectivity index (χ2n) is 5.88. The molecule has 0 spiro atoms. The summed E-state index contributed by atoms with van der Waals surface area (Å²) in [5.41, 5.74) is 5.81. The van der Waals surface area contributed by atoms with Crippen molar-refractivity contribution in [3.05, 3.63) is 71.8 Å². The van der Waals surface area contributed by atoms with E-state index in [9.17, 15) is 0 Å². The number of benzene rings is 3. The first-order valence-corrected chi connectivity index (χ1v) is 6.82. The molecule has 20 heavy (non-hydrogen) atoms. The van der Waals surface area contributed by atoms with E-state index in [2.05, 4.69) is 74.5 Å². The molecule has 0 aliphatic heterocycles. The quantitative estimate of drug-likeness (QED) is 0.480. The number of rotatable bonds is 0. The van der Waals surface area contributed by atoms with Crippen LogP contribution in [-0.4, -0.2) is 0 Å². The molecule has 0 N–H and O–H groups in total. The van der Waals surface area contributed by atoms with Crippen LogP contribution in [0.5, 0.6) is 0 Å². The third-order valence-corrected chi connectivity index (χ3v) is 4.44. The summed E-state index contributed by atoms with van der Waals surface area (Å²) in [5.74, 6) is 0. The van der Waals surface area contributed by atoms with Gasteiger partial charge in [0.25, 0.3) is 0 Å². The van der Waals surface area contributed by atoms with Gasteiger partial charge in [0.1, 0.15) is 0 Å². The maximum absolute atomic E-state index is 2.34. The first-order chi connectivity index (χ1) is 9.19. The van der Waals surface area contributed by atoms with Crippen LogP contribution in [0.1, 0.15) is 32.4 Å². The maximum Gasteiger partial charge on any atom is 0.0165 e. The number of fused-ring (bicyclic) bond motifs is 5. The van der Waals surface area contributed by atoms with Crippen LogP contribution in [0, 0.1) is 0 Å². The van der Waals surface area contributed by atoms with Gasteiger partial charge in [-0.2, -0.15) is 0 Å². The first kappa shape index (κ1) is 12.9. The van der Waals surface area contributed by atoms with Crippen molar-refractivity contribution >= 4 is 10.8 Å². The molecule has 4 rings (SSSR count). The Balaban J connectivity index is 0.00000121. The predicted molar refractivity (Wildman–Crippen MR) is 88.2 cm³/mol. The fraction of sp³-hybridized carbons (Fsp3) is 0.200. The summed E-state index contributed by atoms with van der Waals surface area (Å²) in [5, 5.41) is 2.73. The van der Waals surface area contributed by atoms with Crippen molar-refractivity contribution in [3.63, 3.8) is 0 Å². The minimum atomic E-state index is 0. The third-order valence-electron chi connectivity index (χ3n) is 4.44. The lowest BCUT2D eigenvalue weighted by atomic mass is 9.80. The second-order valence-corrected chi connectivity index (χ2v) is 5.88. The molecule has 0 aromatic heterocycles. The Morgan fingerprint density at radius 1 is 0.700 bits per heavy atom. The zero-order valence-electron chi connectivity index (χ0n) is 11.3. The molecule has 0 heterocycles.